The lowest BCUT2D eigenvalue weighted by Crippen LogP contribution is -2.26. The van der Waals surface area contributed by atoms with E-state index in [1.807, 2.05) is 12.1 Å². The number of hydrogen-bond acceptors (Lipinski definition) is 5. The molecule has 0 saturated heterocycles. The molecule has 0 atom stereocenters. The van der Waals surface area contributed by atoms with Gasteiger partial charge in [-0.25, -0.2) is 0 Å². The maximum atomic E-state index is 12.8. The van der Waals surface area contributed by atoms with Crippen molar-refractivity contribution in [1.29, 1.82) is 0 Å². The lowest BCUT2D eigenvalue weighted by molar-refractivity contribution is -0.137. The Morgan fingerprint density at radius 1 is 1.00 bits per heavy atom. The number of carbonyl (C=O) groups excluding carboxylic acids is 2. The van der Waals surface area contributed by atoms with Gasteiger partial charge < -0.3 is 24.4 Å². The summed E-state index contributed by atoms with van der Waals surface area (Å²) in [4.78, 5) is 26.4. The summed E-state index contributed by atoms with van der Waals surface area (Å²) < 4.78 is 54.4. The zero-order valence-electron chi connectivity index (χ0n) is 18.6. The fourth-order valence-electron chi connectivity index (χ4n) is 3.42. The molecule has 3 aromatic carbocycles. The number of nitrogens with zero attached hydrogens (tertiary/aromatic N) is 1. The molecule has 7 nitrogen and oxygen atoms in total. The van der Waals surface area contributed by atoms with E-state index in [0.29, 0.717) is 29.4 Å². The van der Waals surface area contributed by atoms with E-state index in [1.54, 1.807) is 42.3 Å². The van der Waals surface area contributed by atoms with Gasteiger partial charge in [-0.1, -0.05) is 12.1 Å². The molecular formula is C25H21F3N2O5. The molecule has 0 bridgehead atoms. The minimum Gasteiger partial charge on any atom is -0.484 e. The molecule has 1 N–H and O–H groups in total. The SMILES string of the molecule is CN(Cc1ccc2c(c1)OCO2)C(=O)c1ccc(OCC(=O)Nc2cccc(C(F)(F)F)c2)cc1. The van der Waals surface area contributed by atoms with Gasteiger partial charge in [-0.2, -0.15) is 13.2 Å². The van der Waals surface area contributed by atoms with Crippen molar-refractivity contribution in [1.82, 2.24) is 4.90 Å². The third kappa shape index (κ3) is 6.03. The van der Waals surface area contributed by atoms with Crippen LogP contribution in [0.25, 0.3) is 0 Å². The number of alkyl halides is 3. The summed E-state index contributed by atoms with van der Waals surface area (Å²) in [5.74, 6) is 0.812. The van der Waals surface area contributed by atoms with E-state index in [-0.39, 0.29) is 18.4 Å². The van der Waals surface area contributed by atoms with Crippen molar-refractivity contribution >= 4 is 17.5 Å². The fraction of sp³-hybridized carbons (Fsp3) is 0.200. The Morgan fingerprint density at radius 3 is 2.49 bits per heavy atom. The highest BCUT2D eigenvalue weighted by atomic mass is 19.4. The number of amides is 2. The molecule has 10 heteroatoms. The summed E-state index contributed by atoms with van der Waals surface area (Å²) in [5.41, 5.74) is 0.464. The van der Waals surface area contributed by atoms with Gasteiger partial charge in [-0.15, -0.1) is 0 Å². The van der Waals surface area contributed by atoms with E-state index < -0.39 is 24.3 Å². The lowest BCUT2D eigenvalue weighted by atomic mass is 10.1. The summed E-state index contributed by atoms with van der Waals surface area (Å²) in [7, 11) is 1.68. The Balaban J connectivity index is 1.29. The first-order valence-electron chi connectivity index (χ1n) is 10.5. The van der Waals surface area contributed by atoms with Crippen LogP contribution in [0.4, 0.5) is 18.9 Å². The lowest BCUT2D eigenvalue weighted by Gasteiger charge is -2.18. The molecule has 0 unspecified atom stereocenters. The van der Waals surface area contributed by atoms with E-state index >= 15 is 0 Å². The summed E-state index contributed by atoms with van der Waals surface area (Å²) >= 11 is 0. The molecule has 2 amide bonds. The number of ether oxygens (including phenoxy) is 3. The highest BCUT2D eigenvalue weighted by Gasteiger charge is 2.30. The van der Waals surface area contributed by atoms with Crippen LogP contribution >= 0.6 is 0 Å². The molecule has 0 aliphatic carbocycles. The van der Waals surface area contributed by atoms with Gasteiger partial charge in [-0.05, 0) is 60.2 Å². The average Bonchev–Trinajstić information content (AvgIpc) is 3.30. The summed E-state index contributed by atoms with van der Waals surface area (Å²) in [6.45, 7) is 0.131. The van der Waals surface area contributed by atoms with Gasteiger partial charge in [0.05, 0.1) is 5.56 Å². The van der Waals surface area contributed by atoms with Crippen LogP contribution in [-0.2, 0) is 17.5 Å². The molecule has 1 aliphatic rings. The van der Waals surface area contributed by atoms with Gasteiger partial charge in [0.1, 0.15) is 5.75 Å². The molecule has 1 heterocycles. The van der Waals surface area contributed by atoms with Gasteiger partial charge in [0.15, 0.2) is 18.1 Å². The Morgan fingerprint density at radius 2 is 1.74 bits per heavy atom. The number of rotatable bonds is 7. The minimum absolute atomic E-state index is 0.0138. The van der Waals surface area contributed by atoms with Crippen LogP contribution in [0, 0.1) is 0 Å². The Hall–Kier alpha value is -4.21. The standard InChI is InChI=1S/C25H21F3N2O5/c1-30(13-16-5-10-21-22(11-16)35-15-34-21)24(32)17-6-8-20(9-7-17)33-14-23(31)29-19-4-2-3-18(12-19)25(26,27)28/h2-12H,13-15H2,1H3,(H,29,31). The van der Waals surface area contributed by atoms with Crippen LogP contribution in [0.5, 0.6) is 17.2 Å². The van der Waals surface area contributed by atoms with Gasteiger partial charge in [0, 0.05) is 24.8 Å². The molecule has 35 heavy (non-hydrogen) atoms. The van der Waals surface area contributed by atoms with Gasteiger partial charge >= 0.3 is 6.18 Å². The first-order chi connectivity index (χ1) is 16.7. The van der Waals surface area contributed by atoms with Crippen LogP contribution in [-0.4, -0.2) is 37.2 Å². The highest BCUT2D eigenvalue weighted by molar-refractivity contribution is 5.94. The summed E-state index contributed by atoms with van der Waals surface area (Å²) in [6.07, 6.45) is -4.50. The summed E-state index contributed by atoms with van der Waals surface area (Å²) in [5, 5.41) is 2.37. The van der Waals surface area contributed by atoms with Gasteiger partial charge in [-0.3, -0.25) is 9.59 Å². The third-order valence-electron chi connectivity index (χ3n) is 5.15. The maximum Gasteiger partial charge on any atom is 0.416 e. The van der Waals surface area contributed by atoms with Crippen LogP contribution in [0.3, 0.4) is 0 Å². The Labute approximate surface area is 199 Å². The second kappa shape index (κ2) is 9.96. The van der Waals surface area contributed by atoms with Crippen LogP contribution < -0.4 is 19.5 Å². The van der Waals surface area contributed by atoms with E-state index in [9.17, 15) is 22.8 Å². The number of benzene rings is 3. The molecule has 0 spiro atoms. The maximum absolute atomic E-state index is 12.8. The van der Waals surface area contributed by atoms with Crippen molar-refractivity contribution in [2.75, 3.05) is 25.8 Å². The number of fused-ring (bicyclic) bond motifs is 1. The van der Waals surface area contributed by atoms with E-state index in [0.717, 1.165) is 17.7 Å². The number of anilines is 1. The Kier molecular flexibility index (Phi) is 6.81. The van der Waals surface area contributed by atoms with Crippen LogP contribution in [0.1, 0.15) is 21.5 Å². The number of carbonyl (C=O) groups is 2. The van der Waals surface area contributed by atoms with Crippen molar-refractivity contribution < 1.29 is 37.0 Å². The average molecular weight is 486 g/mol. The number of halogens is 3. The number of hydrogen-bond donors (Lipinski definition) is 1. The highest BCUT2D eigenvalue weighted by Crippen LogP contribution is 2.33. The quantitative estimate of drug-likeness (QED) is 0.523. The van der Waals surface area contributed by atoms with Crippen molar-refractivity contribution in [2.45, 2.75) is 12.7 Å². The fourth-order valence-corrected chi connectivity index (χ4v) is 3.42. The van der Waals surface area contributed by atoms with Crippen molar-refractivity contribution in [3.05, 3.63) is 83.4 Å². The van der Waals surface area contributed by atoms with Crippen molar-refractivity contribution in [3.8, 4) is 17.2 Å². The van der Waals surface area contributed by atoms with Gasteiger partial charge in [0.2, 0.25) is 6.79 Å². The normalized spacial score (nSPS) is 12.2. The largest absolute Gasteiger partial charge is 0.484 e. The van der Waals surface area contributed by atoms with E-state index in [4.69, 9.17) is 14.2 Å². The molecular weight excluding hydrogens is 465 g/mol. The molecule has 4 rings (SSSR count). The molecule has 0 fully saturated rings. The second-order valence-electron chi connectivity index (χ2n) is 7.79. The zero-order chi connectivity index (χ0) is 25.0. The van der Waals surface area contributed by atoms with Crippen molar-refractivity contribution in [2.24, 2.45) is 0 Å². The topological polar surface area (TPSA) is 77.1 Å². The van der Waals surface area contributed by atoms with Crippen molar-refractivity contribution in [3.63, 3.8) is 0 Å². The van der Waals surface area contributed by atoms with E-state index in [2.05, 4.69) is 5.32 Å². The Bertz CT molecular complexity index is 1230. The predicted molar refractivity (Wildman–Crippen MR) is 120 cm³/mol. The zero-order valence-corrected chi connectivity index (χ0v) is 18.6. The van der Waals surface area contributed by atoms with Crippen LogP contribution in [0.2, 0.25) is 0 Å². The first-order valence-corrected chi connectivity index (χ1v) is 10.5. The smallest absolute Gasteiger partial charge is 0.416 e. The molecule has 1 aliphatic heterocycles. The first kappa shape index (κ1) is 23.9. The third-order valence-corrected chi connectivity index (χ3v) is 5.15. The molecule has 0 radical (unpaired) electrons. The molecule has 0 aromatic heterocycles. The van der Waals surface area contributed by atoms with Crippen LogP contribution in [0.15, 0.2) is 66.7 Å². The van der Waals surface area contributed by atoms with Gasteiger partial charge in [0.25, 0.3) is 11.8 Å². The number of nitrogens with one attached hydrogen (secondary N) is 1. The molecule has 182 valence electrons. The molecule has 0 saturated carbocycles. The monoisotopic (exact) mass is 486 g/mol. The second-order valence-corrected chi connectivity index (χ2v) is 7.79. The minimum atomic E-state index is -4.50. The van der Waals surface area contributed by atoms with E-state index in [1.165, 1.54) is 12.1 Å². The molecule has 3 aromatic rings. The predicted octanol–water partition coefficient (Wildman–Crippen LogP) is 4.72. The summed E-state index contributed by atoms with van der Waals surface area (Å²) in [6, 6.07) is 16.0.